The highest BCUT2D eigenvalue weighted by molar-refractivity contribution is 6.13. The Labute approximate surface area is 207 Å². The highest BCUT2D eigenvalue weighted by Gasteiger charge is 2.52. The van der Waals surface area contributed by atoms with E-state index in [2.05, 4.69) is 20.2 Å². The van der Waals surface area contributed by atoms with E-state index in [0.717, 1.165) is 24.0 Å². The summed E-state index contributed by atoms with van der Waals surface area (Å²) in [6, 6.07) is 11.8. The van der Waals surface area contributed by atoms with Gasteiger partial charge in [-0.2, -0.15) is 5.10 Å². The first kappa shape index (κ1) is 23.2. The van der Waals surface area contributed by atoms with Gasteiger partial charge in [0, 0.05) is 55.8 Å². The number of likely N-dealkylation sites (N-methyl/N-ethyl adjacent to an activating group) is 1. The molecule has 2 heterocycles. The summed E-state index contributed by atoms with van der Waals surface area (Å²) >= 11 is 0. The SMILES string of the molecule is [C-]#[N+]C1(c2ccc(-c3c(C(=O)Nc4cnn(CC(=O)N(C)C)c4)cnc4ccc(F)cc34)cc2)CC1. The average molecular weight is 483 g/mol. The number of pyridine rings is 1. The molecule has 0 radical (unpaired) electrons. The first-order chi connectivity index (χ1) is 17.3. The van der Waals surface area contributed by atoms with Crippen LogP contribution in [0.4, 0.5) is 10.1 Å². The van der Waals surface area contributed by atoms with Gasteiger partial charge in [-0.25, -0.2) is 11.0 Å². The maximum atomic E-state index is 14.2. The summed E-state index contributed by atoms with van der Waals surface area (Å²) in [5.74, 6) is -1.00. The second-order valence-electron chi connectivity index (χ2n) is 9.10. The number of aromatic nitrogens is 3. The predicted octanol–water partition coefficient (Wildman–Crippen LogP) is 4.49. The van der Waals surface area contributed by atoms with E-state index in [1.165, 1.54) is 34.1 Å². The number of anilines is 1. The first-order valence-electron chi connectivity index (χ1n) is 11.4. The Balaban J connectivity index is 1.51. The second-order valence-corrected chi connectivity index (χ2v) is 9.10. The van der Waals surface area contributed by atoms with Crippen molar-refractivity contribution in [1.29, 1.82) is 0 Å². The fourth-order valence-electron chi connectivity index (χ4n) is 4.17. The Kier molecular flexibility index (Phi) is 5.72. The van der Waals surface area contributed by atoms with Crippen LogP contribution in [0.5, 0.6) is 0 Å². The maximum Gasteiger partial charge on any atom is 0.258 e. The van der Waals surface area contributed by atoms with E-state index >= 15 is 0 Å². The molecule has 2 aromatic heterocycles. The van der Waals surface area contributed by atoms with E-state index < -0.39 is 17.3 Å². The molecule has 0 bridgehead atoms. The molecule has 1 aliphatic rings. The number of fused-ring (bicyclic) bond motifs is 1. The fraction of sp³-hybridized carbons (Fsp3) is 0.222. The molecule has 36 heavy (non-hydrogen) atoms. The van der Waals surface area contributed by atoms with Crippen LogP contribution in [0.3, 0.4) is 0 Å². The van der Waals surface area contributed by atoms with Gasteiger partial charge in [0.05, 0.1) is 23.0 Å². The third kappa shape index (κ3) is 4.29. The van der Waals surface area contributed by atoms with Crippen LogP contribution in [-0.4, -0.2) is 45.6 Å². The summed E-state index contributed by atoms with van der Waals surface area (Å²) in [7, 11) is 3.31. The van der Waals surface area contributed by atoms with Gasteiger partial charge in [-0.3, -0.25) is 19.3 Å². The zero-order valence-corrected chi connectivity index (χ0v) is 19.8. The number of rotatable bonds is 6. The number of nitrogens with zero attached hydrogens (tertiary/aromatic N) is 5. The number of amides is 2. The van der Waals surface area contributed by atoms with E-state index in [1.807, 2.05) is 24.3 Å². The third-order valence-electron chi connectivity index (χ3n) is 6.41. The molecule has 1 N–H and O–H groups in total. The number of benzene rings is 2. The molecule has 0 saturated heterocycles. The highest BCUT2D eigenvalue weighted by atomic mass is 19.1. The van der Waals surface area contributed by atoms with Crippen LogP contribution in [0.15, 0.2) is 61.1 Å². The molecule has 9 heteroatoms. The number of nitrogens with one attached hydrogen (secondary N) is 1. The Morgan fingerprint density at radius 3 is 2.58 bits per heavy atom. The van der Waals surface area contributed by atoms with Gasteiger partial charge >= 0.3 is 0 Å². The van der Waals surface area contributed by atoms with Crippen molar-refractivity contribution in [3.63, 3.8) is 0 Å². The lowest BCUT2D eigenvalue weighted by atomic mass is 9.94. The lowest BCUT2D eigenvalue weighted by Crippen LogP contribution is -2.26. The molecule has 1 saturated carbocycles. The second kappa shape index (κ2) is 8.89. The van der Waals surface area contributed by atoms with Gasteiger partial charge in [0.15, 0.2) is 0 Å². The van der Waals surface area contributed by atoms with Crippen molar-refractivity contribution in [3.05, 3.63) is 89.4 Å². The minimum Gasteiger partial charge on any atom is -0.347 e. The molecule has 2 amide bonds. The van der Waals surface area contributed by atoms with E-state index in [1.54, 1.807) is 26.4 Å². The quantitative estimate of drug-likeness (QED) is 0.411. The molecule has 0 aliphatic heterocycles. The number of halogens is 1. The van der Waals surface area contributed by atoms with Crippen LogP contribution < -0.4 is 5.32 Å². The Morgan fingerprint density at radius 2 is 1.92 bits per heavy atom. The Morgan fingerprint density at radius 1 is 1.17 bits per heavy atom. The van der Waals surface area contributed by atoms with E-state index in [-0.39, 0.29) is 18.0 Å². The van der Waals surface area contributed by atoms with Gasteiger partial charge in [-0.05, 0) is 23.8 Å². The van der Waals surface area contributed by atoms with Crippen LogP contribution >= 0.6 is 0 Å². The lowest BCUT2D eigenvalue weighted by molar-refractivity contribution is -0.129. The van der Waals surface area contributed by atoms with E-state index in [4.69, 9.17) is 6.57 Å². The van der Waals surface area contributed by atoms with Crippen molar-refractivity contribution in [1.82, 2.24) is 19.7 Å². The molecule has 1 fully saturated rings. The highest BCUT2D eigenvalue weighted by Crippen LogP contribution is 2.50. The molecule has 8 nitrogen and oxygen atoms in total. The molecular formula is C27H23FN6O2. The van der Waals surface area contributed by atoms with Gasteiger partial charge in [0.25, 0.3) is 11.4 Å². The molecule has 0 unspecified atom stereocenters. The van der Waals surface area contributed by atoms with E-state index in [9.17, 15) is 14.0 Å². The monoisotopic (exact) mass is 482 g/mol. The number of hydrogen-bond donors (Lipinski definition) is 1. The summed E-state index contributed by atoms with van der Waals surface area (Å²) < 4.78 is 15.7. The molecular weight excluding hydrogens is 459 g/mol. The summed E-state index contributed by atoms with van der Waals surface area (Å²) in [5.41, 5.74) is 3.00. The van der Waals surface area contributed by atoms with Crippen LogP contribution in [0.25, 0.3) is 26.9 Å². The minimum absolute atomic E-state index is 0.0450. The van der Waals surface area contributed by atoms with Gasteiger partial charge in [-0.1, -0.05) is 24.3 Å². The van der Waals surface area contributed by atoms with Gasteiger partial charge < -0.3 is 15.1 Å². The zero-order chi connectivity index (χ0) is 25.4. The lowest BCUT2D eigenvalue weighted by Gasteiger charge is -2.14. The summed E-state index contributed by atoms with van der Waals surface area (Å²) in [6.07, 6.45) is 6.17. The molecule has 0 spiro atoms. The molecule has 4 aromatic rings. The molecule has 5 rings (SSSR count). The van der Waals surface area contributed by atoms with Crippen molar-refractivity contribution in [2.45, 2.75) is 24.9 Å². The third-order valence-corrected chi connectivity index (χ3v) is 6.41. The van der Waals surface area contributed by atoms with Crippen LogP contribution in [0.2, 0.25) is 0 Å². The number of carbonyl (C=O) groups excluding carboxylic acids is 2. The fourth-order valence-corrected chi connectivity index (χ4v) is 4.17. The first-order valence-corrected chi connectivity index (χ1v) is 11.4. The van der Waals surface area contributed by atoms with Crippen molar-refractivity contribution < 1.29 is 14.0 Å². The molecule has 180 valence electrons. The topological polar surface area (TPSA) is 84.5 Å². The number of hydrogen-bond acceptors (Lipinski definition) is 4. The maximum absolute atomic E-state index is 14.2. The van der Waals surface area contributed by atoms with E-state index in [0.29, 0.717) is 22.2 Å². The van der Waals surface area contributed by atoms with Crippen molar-refractivity contribution in [2.75, 3.05) is 19.4 Å². The smallest absolute Gasteiger partial charge is 0.258 e. The van der Waals surface area contributed by atoms with Crippen molar-refractivity contribution >= 4 is 28.4 Å². The standard InChI is InChI=1S/C27H23FN6O2/c1-29-27(10-11-27)18-6-4-17(5-7-18)25-21-12-19(28)8-9-23(21)30-14-22(25)26(36)32-20-13-31-34(15-20)16-24(35)33(2)3/h4-9,12-15H,10-11,16H2,2-3H3,(H,32,36). The average Bonchev–Trinajstić information content (AvgIpc) is 3.56. The molecule has 1 aliphatic carbocycles. The van der Waals surface area contributed by atoms with Crippen LogP contribution in [-0.2, 0) is 16.9 Å². The minimum atomic E-state index is -0.445. The van der Waals surface area contributed by atoms with Crippen molar-refractivity contribution in [3.8, 4) is 11.1 Å². The summed E-state index contributed by atoms with van der Waals surface area (Å²) in [6.45, 7) is 7.55. The van der Waals surface area contributed by atoms with Crippen molar-refractivity contribution in [2.24, 2.45) is 0 Å². The zero-order valence-electron chi connectivity index (χ0n) is 19.8. The Hall–Kier alpha value is -4.58. The van der Waals surface area contributed by atoms with Gasteiger partial charge in [-0.15, -0.1) is 0 Å². The van der Waals surface area contributed by atoms with Crippen LogP contribution in [0, 0.1) is 12.4 Å². The summed E-state index contributed by atoms with van der Waals surface area (Å²) in [5, 5.41) is 7.45. The largest absolute Gasteiger partial charge is 0.347 e. The molecule has 0 atom stereocenters. The van der Waals surface area contributed by atoms with Gasteiger partial charge in [0.1, 0.15) is 12.4 Å². The van der Waals surface area contributed by atoms with Gasteiger partial charge in [0.2, 0.25) is 5.91 Å². The number of carbonyl (C=O) groups is 2. The predicted molar refractivity (Wildman–Crippen MR) is 134 cm³/mol. The Bertz CT molecular complexity index is 1530. The summed E-state index contributed by atoms with van der Waals surface area (Å²) in [4.78, 5) is 34.9. The van der Waals surface area contributed by atoms with Crippen LogP contribution in [0.1, 0.15) is 28.8 Å². The molecule has 2 aromatic carbocycles. The normalized spacial score (nSPS) is 13.7.